The molecule has 1 aliphatic heterocycles. The summed E-state index contributed by atoms with van der Waals surface area (Å²) in [5, 5.41) is 3.09. The number of hydrogen-bond donors (Lipinski definition) is 1. The van der Waals surface area contributed by atoms with Crippen molar-refractivity contribution >= 4 is 17.4 Å². The maximum absolute atomic E-state index is 12.8. The molecule has 2 aromatic rings. The number of carbonyl (C=O) groups is 2. The Bertz CT molecular complexity index is 848. The first kappa shape index (κ1) is 21.1. The van der Waals surface area contributed by atoms with Crippen molar-refractivity contribution in [3.05, 3.63) is 59.2 Å². The van der Waals surface area contributed by atoms with Crippen molar-refractivity contribution < 1.29 is 14.3 Å². The summed E-state index contributed by atoms with van der Waals surface area (Å²) >= 11 is 0. The number of para-hydroxylation sites is 1. The number of piperidine rings is 1. The van der Waals surface area contributed by atoms with Crippen LogP contribution >= 0.6 is 0 Å². The van der Waals surface area contributed by atoms with Gasteiger partial charge in [-0.05, 0) is 82.1 Å². The number of anilines is 1. The van der Waals surface area contributed by atoms with E-state index in [0.29, 0.717) is 0 Å². The summed E-state index contributed by atoms with van der Waals surface area (Å²) in [6.45, 7) is 7.43. The number of Topliss-reactive ketones (excluding diaryl/α,β-unsaturated/α-hetero) is 1. The molecule has 0 saturated carbocycles. The standard InChI is InChI=1S/C24H30N2O3/c1-16-6-5-7-17(2)22(16)25-24(28)18(3)26-14-12-20(13-15-26)23(27)19-8-10-21(29-4)11-9-19/h5-11,18,20H,12-15H2,1-4H3,(H,25,28). The number of carbonyl (C=O) groups excluding carboxylic acids is 2. The van der Waals surface area contributed by atoms with Crippen molar-refractivity contribution in [1.82, 2.24) is 4.90 Å². The number of rotatable bonds is 6. The fourth-order valence-electron chi connectivity index (χ4n) is 3.95. The summed E-state index contributed by atoms with van der Waals surface area (Å²) in [6, 6.07) is 13.1. The van der Waals surface area contributed by atoms with Gasteiger partial charge in [0.25, 0.3) is 0 Å². The third kappa shape index (κ3) is 4.85. The van der Waals surface area contributed by atoms with Crippen molar-refractivity contribution in [2.24, 2.45) is 5.92 Å². The Morgan fingerprint density at radius 1 is 1.03 bits per heavy atom. The lowest BCUT2D eigenvalue weighted by Gasteiger charge is -2.35. The summed E-state index contributed by atoms with van der Waals surface area (Å²) in [5.41, 5.74) is 3.75. The Morgan fingerprint density at radius 3 is 2.17 bits per heavy atom. The second-order valence-electron chi connectivity index (χ2n) is 7.84. The number of amides is 1. The van der Waals surface area contributed by atoms with Gasteiger partial charge < -0.3 is 10.1 Å². The molecule has 154 valence electrons. The number of aryl methyl sites for hydroxylation is 2. The van der Waals surface area contributed by atoms with Gasteiger partial charge in [0.1, 0.15) is 5.75 Å². The van der Waals surface area contributed by atoms with Crippen LogP contribution in [0.4, 0.5) is 5.69 Å². The van der Waals surface area contributed by atoms with Crippen LogP contribution in [0.25, 0.3) is 0 Å². The van der Waals surface area contributed by atoms with Crippen LogP contribution in [0.1, 0.15) is 41.3 Å². The fraction of sp³-hybridized carbons (Fsp3) is 0.417. The lowest BCUT2D eigenvalue weighted by molar-refractivity contribution is -0.121. The summed E-state index contributed by atoms with van der Waals surface area (Å²) < 4.78 is 5.16. The van der Waals surface area contributed by atoms with Crippen LogP contribution in [0.15, 0.2) is 42.5 Å². The van der Waals surface area contributed by atoms with Crippen LogP contribution in [-0.4, -0.2) is 42.8 Å². The highest BCUT2D eigenvalue weighted by atomic mass is 16.5. The van der Waals surface area contributed by atoms with Gasteiger partial charge in [-0.2, -0.15) is 0 Å². The molecule has 0 radical (unpaired) electrons. The highest BCUT2D eigenvalue weighted by Crippen LogP contribution is 2.25. The number of nitrogens with one attached hydrogen (secondary N) is 1. The Balaban J connectivity index is 1.56. The van der Waals surface area contributed by atoms with Crippen molar-refractivity contribution in [2.45, 2.75) is 39.7 Å². The molecule has 5 nitrogen and oxygen atoms in total. The minimum absolute atomic E-state index is 0.00216. The monoisotopic (exact) mass is 394 g/mol. The molecule has 1 fully saturated rings. The van der Waals surface area contributed by atoms with Crippen molar-refractivity contribution in [2.75, 3.05) is 25.5 Å². The Kier molecular flexibility index (Phi) is 6.70. The molecule has 1 unspecified atom stereocenters. The first-order valence-electron chi connectivity index (χ1n) is 10.2. The van der Waals surface area contributed by atoms with Gasteiger partial charge >= 0.3 is 0 Å². The molecule has 1 atom stereocenters. The van der Waals surface area contributed by atoms with E-state index in [4.69, 9.17) is 4.74 Å². The maximum atomic E-state index is 12.8. The number of methoxy groups -OCH3 is 1. The van der Waals surface area contributed by atoms with E-state index in [-0.39, 0.29) is 23.7 Å². The molecule has 1 N–H and O–H groups in total. The number of hydrogen-bond acceptors (Lipinski definition) is 4. The molecule has 1 saturated heterocycles. The van der Waals surface area contributed by atoms with Crippen molar-refractivity contribution in [3.8, 4) is 5.75 Å². The van der Waals surface area contributed by atoms with E-state index < -0.39 is 0 Å². The number of ether oxygens (including phenoxy) is 1. The van der Waals surface area contributed by atoms with Crippen LogP contribution < -0.4 is 10.1 Å². The molecule has 0 spiro atoms. The van der Waals surface area contributed by atoms with Gasteiger partial charge in [-0.1, -0.05) is 18.2 Å². The predicted octanol–water partition coefficient (Wildman–Crippen LogP) is 4.23. The number of nitrogens with zero attached hydrogens (tertiary/aromatic N) is 1. The zero-order chi connectivity index (χ0) is 21.0. The van der Waals surface area contributed by atoms with Gasteiger partial charge in [-0.15, -0.1) is 0 Å². The van der Waals surface area contributed by atoms with Gasteiger partial charge in [0.05, 0.1) is 13.2 Å². The number of benzene rings is 2. The second kappa shape index (κ2) is 9.23. The van der Waals surface area contributed by atoms with Crippen LogP contribution in [0.2, 0.25) is 0 Å². The van der Waals surface area contributed by atoms with Crippen LogP contribution in [0.5, 0.6) is 5.75 Å². The summed E-state index contributed by atoms with van der Waals surface area (Å²) in [5.74, 6) is 0.941. The Morgan fingerprint density at radius 2 is 1.62 bits per heavy atom. The third-order valence-corrected chi connectivity index (χ3v) is 5.93. The van der Waals surface area contributed by atoms with Gasteiger partial charge in [-0.3, -0.25) is 14.5 Å². The average Bonchev–Trinajstić information content (AvgIpc) is 2.75. The van der Waals surface area contributed by atoms with Crippen molar-refractivity contribution in [1.29, 1.82) is 0 Å². The molecule has 0 aliphatic carbocycles. The smallest absolute Gasteiger partial charge is 0.241 e. The van der Waals surface area contributed by atoms with Gasteiger partial charge in [0.15, 0.2) is 5.78 Å². The summed E-state index contributed by atoms with van der Waals surface area (Å²) in [4.78, 5) is 27.7. The predicted molar refractivity (Wildman–Crippen MR) is 116 cm³/mol. The van der Waals surface area contributed by atoms with Crippen LogP contribution in [0, 0.1) is 19.8 Å². The zero-order valence-electron chi connectivity index (χ0n) is 17.7. The highest BCUT2D eigenvalue weighted by molar-refractivity contribution is 5.98. The Labute approximate surface area is 173 Å². The van der Waals surface area contributed by atoms with E-state index >= 15 is 0 Å². The zero-order valence-corrected chi connectivity index (χ0v) is 17.7. The molecule has 1 heterocycles. The first-order valence-corrected chi connectivity index (χ1v) is 10.2. The average molecular weight is 395 g/mol. The summed E-state index contributed by atoms with van der Waals surface area (Å²) in [7, 11) is 1.62. The minimum Gasteiger partial charge on any atom is -0.497 e. The molecular weight excluding hydrogens is 364 g/mol. The van der Waals surface area contributed by atoms with Gasteiger partial charge in [0, 0.05) is 17.2 Å². The largest absolute Gasteiger partial charge is 0.497 e. The molecule has 2 aromatic carbocycles. The lowest BCUT2D eigenvalue weighted by Crippen LogP contribution is -2.47. The molecule has 0 bridgehead atoms. The molecule has 29 heavy (non-hydrogen) atoms. The second-order valence-corrected chi connectivity index (χ2v) is 7.84. The van der Waals surface area contributed by atoms with Gasteiger partial charge in [0.2, 0.25) is 5.91 Å². The van der Waals surface area contributed by atoms with Crippen molar-refractivity contribution in [3.63, 3.8) is 0 Å². The fourth-order valence-corrected chi connectivity index (χ4v) is 3.95. The van der Waals surface area contributed by atoms with E-state index in [1.165, 1.54) is 0 Å². The normalized spacial score (nSPS) is 16.3. The lowest BCUT2D eigenvalue weighted by atomic mass is 9.88. The van der Waals surface area contributed by atoms with Crippen LogP contribution in [0.3, 0.4) is 0 Å². The molecule has 3 rings (SSSR count). The topological polar surface area (TPSA) is 58.6 Å². The summed E-state index contributed by atoms with van der Waals surface area (Å²) in [6.07, 6.45) is 1.54. The Hall–Kier alpha value is -2.66. The van der Waals surface area contributed by atoms with E-state index in [1.54, 1.807) is 7.11 Å². The first-order chi connectivity index (χ1) is 13.9. The quantitative estimate of drug-likeness (QED) is 0.745. The van der Waals surface area contributed by atoms with E-state index in [1.807, 2.05) is 63.2 Å². The number of likely N-dealkylation sites (tertiary alicyclic amines) is 1. The minimum atomic E-state index is -0.231. The molecular formula is C24H30N2O3. The molecule has 5 heteroatoms. The van der Waals surface area contributed by atoms with Gasteiger partial charge in [-0.25, -0.2) is 0 Å². The van der Waals surface area contributed by atoms with E-state index in [0.717, 1.165) is 54.1 Å². The molecule has 0 aromatic heterocycles. The van der Waals surface area contributed by atoms with E-state index in [9.17, 15) is 9.59 Å². The molecule has 1 aliphatic rings. The number of ketones is 1. The highest BCUT2D eigenvalue weighted by Gasteiger charge is 2.30. The molecule has 1 amide bonds. The third-order valence-electron chi connectivity index (χ3n) is 5.93. The SMILES string of the molecule is COc1ccc(C(=O)C2CCN(C(C)C(=O)Nc3c(C)cccc3C)CC2)cc1. The van der Waals surface area contributed by atoms with Crippen LogP contribution in [-0.2, 0) is 4.79 Å². The maximum Gasteiger partial charge on any atom is 0.241 e. The van der Waals surface area contributed by atoms with E-state index in [2.05, 4.69) is 10.2 Å².